The Labute approximate surface area is 118 Å². The Bertz CT molecular complexity index is 564. The second kappa shape index (κ2) is 5.53. The predicted octanol–water partition coefficient (Wildman–Crippen LogP) is 3.00. The zero-order valence-electron chi connectivity index (χ0n) is 12.5. The molecule has 0 bridgehead atoms. The number of aromatic nitrogens is 2. The molecular weight excluding hydrogens is 264 g/mol. The summed E-state index contributed by atoms with van der Waals surface area (Å²) < 4.78 is 1.26. The van der Waals surface area contributed by atoms with Gasteiger partial charge in [0.15, 0.2) is 0 Å². The fraction of sp³-hybridized carbons (Fsp3) is 0.714. The van der Waals surface area contributed by atoms with Gasteiger partial charge in [-0.15, -0.1) is 0 Å². The van der Waals surface area contributed by atoms with Gasteiger partial charge in [-0.25, -0.2) is 4.79 Å². The van der Waals surface area contributed by atoms with Gasteiger partial charge >= 0.3 is 5.69 Å². The van der Waals surface area contributed by atoms with Crippen LogP contribution in [-0.4, -0.2) is 9.55 Å². The van der Waals surface area contributed by atoms with Gasteiger partial charge in [0, 0.05) is 6.54 Å². The van der Waals surface area contributed by atoms with E-state index in [9.17, 15) is 9.59 Å². The number of rotatable bonds is 3. The highest BCUT2D eigenvalue weighted by Crippen LogP contribution is 2.26. The summed E-state index contributed by atoms with van der Waals surface area (Å²) in [6.07, 6.45) is 0. The van der Waals surface area contributed by atoms with E-state index in [1.165, 1.54) is 4.57 Å². The summed E-state index contributed by atoms with van der Waals surface area (Å²) in [7, 11) is 0. The van der Waals surface area contributed by atoms with Crippen molar-refractivity contribution < 1.29 is 0 Å². The van der Waals surface area contributed by atoms with Crippen LogP contribution in [0.25, 0.3) is 0 Å². The molecule has 1 unspecified atom stereocenters. The van der Waals surface area contributed by atoms with Crippen LogP contribution < -0.4 is 11.2 Å². The van der Waals surface area contributed by atoms with Gasteiger partial charge in [0.1, 0.15) is 5.15 Å². The largest absolute Gasteiger partial charge is 0.329 e. The average molecular weight is 287 g/mol. The van der Waals surface area contributed by atoms with Crippen LogP contribution in [-0.2, 0) is 6.54 Å². The molecule has 0 saturated carbocycles. The number of H-pyrrole nitrogens is 1. The number of aromatic amines is 1. The van der Waals surface area contributed by atoms with E-state index in [1.54, 1.807) is 0 Å². The molecule has 0 radical (unpaired) electrons. The summed E-state index contributed by atoms with van der Waals surface area (Å²) in [4.78, 5) is 26.9. The lowest BCUT2D eigenvalue weighted by Gasteiger charge is -2.27. The molecule has 4 nitrogen and oxygen atoms in total. The second-order valence-electron chi connectivity index (χ2n) is 6.50. The van der Waals surface area contributed by atoms with Crippen LogP contribution in [0.5, 0.6) is 0 Å². The molecule has 19 heavy (non-hydrogen) atoms. The topological polar surface area (TPSA) is 54.9 Å². The molecule has 0 saturated heterocycles. The van der Waals surface area contributed by atoms with Crippen molar-refractivity contribution in [3.63, 3.8) is 0 Å². The van der Waals surface area contributed by atoms with Crippen molar-refractivity contribution >= 4 is 11.6 Å². The molecule has 1 aromatic heterocycles. The van der Waals surface area contributed by atoms with Gasteiger partial charge in [0.05, 0.1) is 5.56 Å². The van der Waals surface area contributed by atoms with Crippen molar-refractivity contribution in [2.24, 2.45) is 11.3 Å². The van der Waals surface area contributed by atoms with E-state index >= 15 is 0 Å². The SMILES string of the molecule is CC(C)c1c(Cl)[nH]c(=O)n(CC(C)C(C)(C)C)c1=O. The molecule has 0 amide bonds. The maximum absolute atomic E-state index is 12.4. The normalized spacial score (nSPS) is 13.9. The smallest absolute Gasteiger partial charge is 0.297 e. The molecule has 1 N–H and O–H groups in total. The quantitative estimate of drug-likeness (QED) is 0.869. The Morgan fingerprint density at radius 1 is 1.21 bits per heavy atom. The lowest BCUT2D eigenvalue weighted by Crippen LogP contribution is -2.41. The third kappa shape index (κ3) is 3.50. The van der Waals surface area contributed by atoms with Crippen molar-refractivity contribution in [2.75, 3.05) is 0 Å². The van der Waals surface area contributed by atoms with Crippen LogP contribution >= 0.6 is 11.6 Å². The Morgan fingerprint density at radius 3 is 2.16 bits per heavy atom. The minimum Gasteiger partial charge on any atom is -0.297 e. The standard InChI is InChI=1S/C14H23ClN2O2/c1-8(2)10-11(15)16-13(19)17(12(10)18)7-9(3)14(4,5)6/h8-9H,7H2,1-6H3,(H,16,19). The second-order valence-corrected chi connectivity index (χ2v) is 6.87. The zero-order chi connectivity index (χ0) is 15.0. The molecule has 0 aromatic carbocycles. The summed E-state index contributed by atoms with van der Waals surface area (Å²) in [5.41, 5.74) is -0.207. The average Bonchev–Trinajstić information content (AvgIpc) is 2.21. The van der Waals surface area contributed by atoms with Gasteiger partial charge in [-0.1, -0.05) is 53.1 Å². The van der Waals surface area contributed by atoms with Crippen LogP contribution in [0, 0.1) is 11.3 Å². The van der Waals surface area contributed by atoms with Gasteiger partial charge in [-0.3, -0.25) is 14.3 Å². The van der Waals surface area contributed by atoms with E-state index in [2.05, 4.69) is 25.8 Å². The summed E-state index contributed by atoms with van der Waals surface area (Å²) in [5.74, 6) is 0.181. The summed E-state index contributed by atoms with van der Waals surface area (Å²) >= 11 is 5.96. The maximum atomic E-state index is 12.4. The van der Waals surface area contributed by atoms with Crippen LogP contribution in [0.4, 0.5) is 0 Å². The Balaban J connectivity index is 3.34. The van der Waals surface area contributed by atoms with Crippen LogP contribution in [0.2, 0.25) is 5.15 Å². The van der Waals surface area contributed by atoms with Gasteiger partial charge in [-0.2, -0.15) is 0 Å². The van der Waals surface area contributed by atoms with Crippen LogP contribution in [0.15, 0.2) is 9.59 Å². The van der Waals surface area contributed by atoms with E-state index in [4.69, 9.17) is 11.6 Å². The summed E-state index contributed by atoms with van der Waals surface area (Å²) in [5, 5.41) is 0.157. The molecule has 108 valence electrons. The first-order valence-electron chi connectivity index (χ1n) is 6.58. The van der Waals surface area contributed by atoms with Gasteiger partial charge in [0.25, 0.3) is 5.56 Å². The number of nitrogens with zero attached hydrogens (tertiary/aromatic N) is 1. The number of nitrogens with one attached hydrogen (secondary N) is 1. The Hall–Kier alpha value is -1.03. The Kier molecular flexibility index (Phi) is 4.67. The lowest BCUT2D eigenvalue weighted by molar-refractivity contribution is 0.227. The number of halogens is 1. The van der Waals surface area contributed by atoms with E-state index < -0.39 is 5.69 Å². The summed E-state index contributed by atoms with van der Waals surface area (Å²) in [6.45, 7) is 12.5. The Morgan fingerprint density at radius 2 is 1.74 bits per heavy atom. The van der Waals surface area contributed by atoms with Crippen molar-refractivity contribution in [2.45, 2.75) is 54.0 Å². The molecule has 0 aliphatic carbocycles. The first-order valence-corrected chi connectivity index (χ1v) is 6.96. The van der Waals surface area contributed by atoms with E-state index in [1.807, 2.05) is 20.8 Å². The van der Waals surface area contributed by atoms with Crippen LogP contribution in [0.3, 0.4) is 0 Å². The van der Waals surface area contributed by atoms with Crippen LogP contribution in [0.1, 0.15) is 53.0 Å². The van der Waals surface area contributed by atoms with Gasteiger partial charge in [0.2, 0.25) is 0 Å². The molecule has 1 atom stereocenters. The van der Waals surface area contributed by atoms with Crippen molar-refractivity contribution in [3.8, 4) is 0 Å². The van der Waals surface area contributed by atoms with Crippen molar-refractivity contribution in [3.05, 3.63) is 31.6 Å². The molecular formula is C14H23ClN2O2. The molecule has 1 heterocycles. The monoisotopic (exact) mass is 286 g/mol. The highest BCUT2D eigenvalue weighted by atomic mass is 35.5. The predicted molar refractivity (Wildman–Crippen MR) is 79.0 cm³/mol. The minimum absolute atomic E-state index is 0.0203. The van der Waals surface area contributed by atoms with Crippen molar-refractivity contribution in [1.82, 2.24) is 9.55 Å². The van der Waals surface area contributed by atoms with Crippen molar-refractivity contribution in [1.29, 1.82) is 0 Å². The first kappa shape index (κ1) is 16.0. The molecule has 0 spiro atoms. The molecule has 1 aromatic rings. The zero-order valence-corrected chi connectivity index (χ0v) is 13.3. The van der Waals surface area contributed by atoms with Gasteiger partial charge < -0.3 is 0 Å². The molecule has 0 aliphatic rings. The fourth-order valence-electron chi connectivity index (χ4n) is 1.77. The van der Waals surface area contributed by atoms with E-state index in [0.717, 1.165) is 0 Å². The number of hydrogen-bond donors (Lipinski definition) is 1. The fourth-order valence-corrected chi connectivity index (χ4v) is 2.15. The third-order valence-electron chi connectivity index (χ3n) is 3.69. The molecule has 1 rings (SSSR count). The molecule has 0 aliphatic heterocycles. The third-order valence-corrected chi connectivity index (χ3v) is 3.98. The minimum atomic E-state index is -0.435. The first-order chi connectivity index (χ1) is 8.55. The summed E-state index contributed by atoms with van der Waals surface area (Å²) in [6, 6.07) is 0. The van der Waals surface area contributed by atoms with Gasteiger partial charge in [-0.05, 0) is 17.3 Å². The molecule has 5 heteroatoms. The number of hydrogen-bond acceptors (Lipinski definition) is 2. The van der Waals surface area contributed by atoms with E-state index in [-0.39, 0.29) is 28.0 Å². The molecule has 0 fully saturated rings. The van der Waals surface area contributed by atoms with E-state index in [0.29, 0.717) is 12.1 Å². The highest BCUT2D eigenvalue weighted by molar-refractivity contribution is 6.30. The maximum Gasteiger partial charge on any atom is 0.329 e. The lowest BCUT2D eigenvalue weighted by atomic mass is 9.82. The highest BCUT2D eigenvalue weighted by Gasteiger charge is 2.23.